The first-order valence-corrected chi connectivity index (χ1v) is 7.45. The number of likely N-dealkylation sites (tertiary alicyclic amines) is 1. The van der Waals surface area contributed by atoms with E-state index in [-0.39, 0.29) is 10.6 Å². The van der Waals surface area contributed by atoms with Gasteiger partial charge < -0.3 is 0 Å². The van der Waals surface area contributed by atoms with Crippen LogP contribution in [-0.2, 0) is 6.42 Å². The van der Waals surface area contributed by atoms with Crippen LogP contribution in [0.3, 0.4) is 0 Å². The van der Waals surface area contributed by atoms with E-state index in [4.69, 9.17) is 0 Å². The van der Waals surface area contributed by atoms with Gasteiger partial charge in [0.1, 0.15) is 5.54 Å². The molecule has 0 spiro atoms. The maximum absolute atomic E-state index is 10.9. The molecule has 5 heteroatoms. The number of benzene rings is 1. The molecule has 21 heavy (non-hydrogen) atoms. The molecule has 0 aliphatic carbocycles. The summed E-state index contributed by atoms with van der Waals surface area (Å²) in [4.78, 5) is 12.7. The molecule has 1 aliphatic heterocycles. The Balaban J connectivity index is 2.19. The van der Waals surface area contributed by atoms with Gasteiger partial charge in [-0.15, -0.1) is 0 Å². The smallest absolute Gasteiger partial charge is 0.269 e. The predicted octanol–water partition coefficient (Wildman–Crippen LogP) is 3.30. The Kier molecular flexibility index (Phi) is 4.92. The van der Waals surface area contributed by atoms with Crippen LogP contribution in [0.15, 0.2) is 24.3 Å². The molecule has 1 heterocycles. The van der Waals surface area contributed by atoms with E-state index in [0.717, 1.165) is 31.5 Å². The van der Waals surface area contributed by atoms with Gasteiger partial charge in [-0.3, -0.25) is 15.0 Å². The molecule has 5 nitrogen and oxygen atoms in total. The van der Waals surface area contributed by atoms with Gasteiger partial charge in [0.15, 0.2) is 0 Å². The zero-order valence-corrected chi connectivity index (χ0v) is 12.4. The van der Waals surface area contributed by atoms with Crippen molar-refractivity contribution in [3.8, 4) is 6.07 Å². The lowest BCUT2D eigenvalue weighted by molar-refractivity contribution is -0.384. The third kappa shape index (κ3) is 3.79. The van der Waals surface area contributed by atoms with Crippen molar-refractivity contribution in [2.24, 2.45) is 0 Å². The average molecular weight is 287 g/mol. The Morgan fingerprint density at radius 2 is 2.00 bits per heavy atom. The lowest BCUT2D eigenvalue weighted by atomic mass is 9.91. The third-order valence-electron chi connectivity index (χ3n) is 4.21. The Hall–Kier alpha value is -1.93. The minimum atomic E-state index is -0.598. The summed E-state index contributed by atoms with van der Waals surface area (Å²) in [7, 11) is 0. The molecule has 1 saturated heterocycles. The number of non-ortho nitro benzene ring substituents is 1. The summed E-state index contributed by atoms with van der Waals surface area (Å²) in [5.74, 6) is 0. The van der Waals surface area contributed by atoms with Gasteiger partial charge in [-0.2, -0.15) is 5.26 Å². The molecule has 1 aromatic carbocycles. The fraction of sp³-hybridized carbons (Fsp3) is 0.562. The Morgan fingerprint density at radius 3 is 2.57 bits per heavy atom. The molecule has 1 aliphatic rings. The average Bonchev–Trinajstić information content (AvgIpc) is 2.77. The highest BCUT2D eigenvalue weighted by Crippen LogP contribution is 2.25. The van der Waals surface area contributed by atoms with Crippen molar-refractivity contribution >= 4 is 5.69 Å². The Labute approximate surface area is 125 Å². The first kappa shape index (κ1) is 15.5. The van der Waals surface area contributed by atoms with Crippen molar-refractivity contribution in [3.63, 3.8) is 0 Å². The van der Waals surface area contributed by atoms with E-state index < -0.39 is 5.54 Å². The number of nitrogens with zero attached hydrogens (tertiary/aromatic N) is 3. The van der Waals surface area contributed by atoms with Crippen molar-refractivity contribution in [1.29, 1.82) is 5.26 Å². The van der Waals surface area contributed by atoms with E-state index in [9.17, 15) is 15.4 Å². The second-order valence-corrected chi connectivity index (χ2v) is 5.89. The molecule has 0 radical (unpaired) electrons. The maximum Gasteiger partial charge on any atom is 0.269 e. The molecular weight excluding hydrogens is 266 g/mol. The third-order valence-corrected chi connectivity index (χ3v) is 4.21. The Bertz CT molecular complexity index is 545. The summed E-state index contributed by atoms with van der Waals surface area (Å²) < 4.78 is 0. The van der Waals surface area contributed by atoms with Crippen molar-refractivity contribution in [3.05, 3.63) is 39.9 Å². The number of nitro benzene ring substituents is 1. The highest BCUT2D eigenvalue weighted by atomic mass is 16.6. The summed E-state index contributed by atoms with van der Waals surface area (Å²) >= 11 is 0. The number of nitro groups is 1. The molecule has 0 aromatic heterocycles. The standard InChI is InChI=1S/C16H21N3O2/c1-16(13-17,18-9-4-2-3-5-10-18)12-14-7-6-8-15(11-14)19(20)21/h6-8,11H,2-5,9-10,12H2,1H3. The fourth-order valence-electron chi connectivity index (χ4n) is 2.96. The van der Waals surface area contributed by atoms with Gasteiger partial charge in [-0.05, 0) is 38.4 Å². The van der Waals surface area contributed by atoms with Gasteiger partial charge >= 0.3 is 0 Å². The predicted molar refractivity (Wildman–Crippen MR) is 80.9 cm³/mol. The molecule has 0 saturated carbocycles. The first-order valence-electron chi connectivity index (χ1n) is 7.45. The zero-order chi connectivity index (χ0) is 15.3. The van der Waals surface area contributed by atoms with Crippen molar-refractivity contribution in [2.45, 2.75) is 44.6 Å². The van der Waals surface area contributed by atoms with Crippen LogP contribution in [-0.4, -0.2) is 28.5 Å². The molecule has 2 rings (SSSR count). The molecule has 1 fully saturated rings. The monoisotopic (exact) mass is 287 g/mol. The normalized spacial score (nSPS) is 19.2. The molecule has 0 amide bonds. The number of hydrogen-bond donors (Lipinski definition) is 0. The van der Waals surface area contributed by atoms with Crippen LogP contribution in [0.5, 0.6) is 0 Å². The van der Waals surface area contributed by atoms with E-state index in [2.05, 4.69) is 11.0 Å². The lowest BCUT2D eigenvalue weighted by Crippen LogP contribution is -2.47. The van der Waals surface area contributed by atoms with Crippen LogP contribution in [0.1, 0.15) is 38.2 Å². The van der Waals surface area contributed by atoms with E-state index in [1.165, 1.54) is 18.9 Å². The van der Waals surface area contributed by atoms with Crippen LogP contribution >= 0.6 is 0 Å². The number of hydrogen-bond acceptors (Lipinski definition) is 4. The molecule has 0 bridgehead atoms. The van der Waals surface area contributed by atoms with Gasteiger partial charge in [0.05, 0.1) is 11.0 Å². The quantitative estimate of drug-likeness (QED) is 0.629. The van der Waals surface area contributed by atoms with Crippen LogP contribution in [0.25, 0.3) is 0 Å². The van der Waals surface area contributed by atoms with Gasteiger partial charge in [0.2, 0.25) is 0 Å². The summed E-state index contributed by atoms with van der Waals surface area (Å²) in [6.45, 7) is 3.80. The molecule has 1 atom stereocenters. The second-order valence-electron chi connectivity index (χ2n) is 5.89. The van der Waals surface area contributed by atoms with E-state index in [1.807, 2.05) is 13.0 Å². The minimum Gasteiger partial charge on any atom is -0.285 e. The molecule has 1 unspecified atom stereocenters. The van der Waals surface area contributed by atoms with Crippen LogP contribution in [0.4, 0.5) is 5.69 Å². The lowest BCUT2D eigenvalue weighted by Gasteiger charge is -2.35. The minimum absolute atomic E-state index is 0.0867. The Morgan fingerprint density at radius 1 is 1.33 bits per heavy atom. The molecule has 112 valence electrons. The van der Waals surface area contributed by atoms with Crippen LogP contribution in [0.2, 0.25) is 0 Å². The van der Waals surface area contributed by atoms with Gasteiger partial charge in [0, 0.05) is 18.6 Å². The zero-order valence-electron chi connectivity index (χ0n) is 12.4. The van der Waals surface area contributed by atoms with Gasteiger partial charge in [-0.25, -0.2) is 0 Å². The molecule has 0 N–H and O–H groups in total. The summed E-state index contributed by atoms with van der Waals surface area (Å²) in [6, 6.07) is 9.04. The van der Waals surface area contributed by atoms with E-state index in [0.29, 0.717) is 6.42 Å². The van der Waals surface area contributed by atoms with Crippen molar-refractivity contribution in [2.75, 3.05) is 13.1 Å². The maximum atomic E-state index is 10.9. The van der Waals surface area contributed by atoms with Gasteiger partial charge in [-0.1, -0.05) is 25.0 Å². The van der Waals surface area contributed by atoms with Crippen LogP contribution < -0.4 is 0 Å². The van der Waals surface area contributed by atoms with Crippen molar-refractivity contribution in [1.82, 2.24) is 4.90 Å². The molecular formula is C16H21N3O2. The molecule has 1 aromatic rings. The van der Waals surface area contributed by atoms with Gasteiger partial charge in [0.25, 0.3) is 5.69 Å². The summed E-state index contributed by atoms with van der Waals surface area (Å²) in [5, 5.41) is 20.5. The number of nitriles is 1. The van der Waals surface area contributed by atoms with E-state index >= 15 is 0 Å². The largest absolute Gasteiger partial charge is 0.285 e. The fourth-order valence-corrected chi connectivity index (χ4v) is 2.96. The van der Waals surface area contributed by atoms with Crippen molar-refractivity contribution < 1.29 is 4.92 Å². The summed E-state index contributed by atoms with van der Waals surface area (Å²) in [6.07, 6.45) is 5.19. The number of rotatable bonds is 4. The topological polar surface area (TPSA) is 70.2 Å². The summed E-state index contributed by atoms with van der Waals surface area (Å²) in [5.41, 5.74) is 0.334. The first-order chi connectivity index (χ1) is 10.0. The second kappa shape index (κ2) is 6.68. The highest BCUT2D eigenvalue weighted by Gasteiger charge is 2.32. The van der Waals surface area contributed by atoms with Crippen LogP contribution in [0, 0.1) is 21.4 Å². The SMILES string of the molecule is CC(C#N)(Cc1cccc([N+](=O)[O-])c1)N1CCCCCC1. The van der Waals surface area contributed by atoms with E-state index in [1.54, 1.807) is 12.1 Å². The highest BCUT2D eigenvalue weighted by molar-refractivity contribution is 5.35.